The molecule has 1 aromatic rings. The summed E-state index contributed by atoms with van der Waals surface area (Å²) < 4.78 is 39.8. The molecule has 0 radical (unpaired) electrons. The van der Waals surface area contributed by atoms with E-state index in [2.05, 4.69) is 0 Å². The average molecular weight is 328 g/mol. The van der Waals surface area contributed by atoms with Gasteiger partial charge in [-0.1, -0.05) is 13.3 Å². The van der Waals surface area contributed by atoms with E-state index >= 15 is 0 Å². The second kappa shape index (κ2) is 7.48. The number of amides is 2. The van der Waals surface area contributed by atoms with Crippen LogP contribution in [0.1, 0.15) is 36.5 Å². The van der Waals surface area contributed by atoms with Crippen LogP contribution in [0.2, 0.25) is 0 Å². The molecule has 0 unspecified atom stereocenters. The fourth-order valence-electron chi connectivity index (χ4n) is 2.51. The minimum atomic E-state index is -1.65. The lowest BCUT2D eigenvalue weighted by Gasteiger charge is -2.35. The van der Waals surface area contributed by atoms with E-state index in [1.165, 1.54) is 4.90 Å². The fraction of sp³-hybridized carbons (Fsp3) is 0.500. The van der Waals surface area contributed by atoms with Crippen LogP contribution in [0.5, 0.6) is 0 Å². The minimum absolute atomic E-state index is 0.0398. The summed E-state index contributed by atoms with van der Waals surface area (Å²) in [5, 5.41) is 0. The number of carbonyl (C=O) groups excluding carboxylic acids is 2. The Hall–Kier alpha value is -2.05. The Balaban J connectivity index is 1.99. The van der Waals surface area contributed by atoms with Crippen molar-refractivity contribution >= 4 is 11.8 Å². The van der Waals surface area contributed by atoms with Gasteiger partial charge in [-0.3, -0.25) is 9.59 Å². The van der Waals surface area contributed by atoms with E-state index in [9.17, 15) is 22.8 Å². The van der Waals surface area contributed by atoms with E-state index in [0.717, 1.165) is 25.0 Å². The molecule has 1 aliphatic rings. The Bertz CT molecular complexity index is 599. The molecule has 1 fully saturated rings. The molecule has 0 aliphatic carbocycles. The molecular formula is C16H19F3N2O2. The van der Waals surface area contributed by atoms with Gasteiger partial charge in [0.1, 0.15) is 0 Å². The molecule has 23 heavy (non-hydrogen) atoms. The van der Waals surface area contributed by atoms with Crippen molar-refractivity contribution in [2.75, 3.05) is 26.2 Å². The highest BCUT2D eigenvalue weighted by Crippen LogP contribution is 2.18. The minimum Gasteiger partial charge on any atom is -0.339 e. The average Bonchev–Trinajstić information content (AvgIpc) is 2.57. The Morgan fingerprint density at radius 2 is 1.61 bits per heavy atom. The third-order valence-electron chi connectivity index (χ3n) is 3.93. The molecular weight excluding hydrogens is 309 g/mol. The number of benzene rings is 1. The first-order valence-corrected chi connectivity index (χ1v) is 7.66. The molecule has 7 heteroatoms. The standard InChI is InChI=1S/C16H19F3N2O2/c1-2-3-4-13(22)20-7-9-21(10-8-20)16(23)11-5-6-12(17)15(19)14(11)18/h5-6H,2-4,7-10H2,1H3. The van der Waals surface area contributed by atoms with Crippen molar-refractivity contribution in [2.24, 2.45) is 0 Å². The topological polar surface area (TPSA) is 40.6 Å². The summed E-state index contributed by atoms with van der Waals surface area (Å²) in [6.45, 7) is 3.21. The second-order valence-electron chi connectivity index (χ2n) is 5.50. The van der Waals surface area contributed by atoms with Crippen molar-refractivity contribution in [3.05, 3.63) is 35.1 Å². The maximum absolute atomic E-state index is 13.7. The smallest absolute Gasteiger partial charge is 0.257 e. The number of nitrogens with zero attached hydrogens (tertiary/aromatic N) is 2. The van der Waals surface area contributed by atoms with E-state index in [4.69, 9.17) is 0 Å². The maximum Gasteiger partial charge on any atom is 0.257 e. The summed E-state index contributed by atoms with van der Waals surface area (Å²) in [6, 6.07) is 1.67. The number of hydrogen-bond acceptors (Lipinski definition) is 2. The zero-order valence-corrected chi connectivity index (χ0v) is 12.9. The molecule has 1 aromatic carbocycles. The first-order chi connectivity index (χ1) is 11.0. The molecule has 4 nitrogen and oxygen atoms in total. The van der Waals surface area contributed by atoms with Gasteiger partial charge in [0.25, 0.3) is 5.91 Å². The van der Waals surface area contributed by atoms with E-state index in [-0.39, 0.29) is 19.0 Å². The van der Waals surface area contributed by atoms with Crippen LogP contribution >= 0.6 is 0 Å². The van der Waals surface area contributed by atoms with E-state index in [1.807, 2.05) is 6.92 Å². The lowest BCUT2D eigenvalue weighted by Crippen LogP contribution is -2.50. The Morgan fingerprint density at radius 3 is 2.22 bits per heavy atom. The van der Waals surface area contributed by atoms with Gasteiger partial charge < -0.3 is 9.80 Å². The van der Waals surface area contributed by atoms with Crippen molar-refractivity contribution in [3.63, 3.8) is 0 Å². The quantitative estimate of drug-likeness (QED) is 0.797. The predicted molar refractivity (Wildman–Crippen MR) is 78.3 cm³/mol. The number of rotatable bonds is 4. The van der Waals surface area contributed by atoms with Gasteiger partial charge in [-0.25, -0.2) is 13.2 Å². The van der Waals surface area contributed by atoms with E-state index in [0.29, 0.717) is 19.5 Å². The van der Waals surface area contributed by atoms with Crippen molar-refractivity contribution in [1.29, 1.82) is 0 Å². The van der Waals surface area contributed by atoms with E-state index in [1.54, 1.807) is 4.90 Å². The normalized spacial score (nSPS) is 15.0. The van der Waals surface area contributed by atoms with Crippen molar-refractivity contribution in [2.45, 2.75) is 26.2 Å². The largest absolute Gasteiger partial charge is 0.339 e. The molecule has 1 saturated heterocycles. The highest BCUT2D eigenvalue weighted by atomic mass is 19.2. The molecule has 1 aliphatic heterocycles. The van der Waals surface area contributed by atoms with Crippen LogP contribution in [0.4, 0.5) is 13.2 Å². The van der Waals surface area contributed by atoms with Gasteiger partial charge in [-0.05, 0) is 18.6 Å². The van der Waals surface area contributed by atoms with Crippen molar-refractivity contribution in [3.8, 4) is 0 Å². The molecule has 0 saturated carbocycles. The number of halogens is 3. The highest BCUT2D eigenvalue weighted by molar-refractivity contribution is 5.94. The number of carbonyl (C=O) groups is 2. The van der Waals surface area contributed by atoms with Gasteiger partial charge in [0, 0.05) is 32.6 Å². The van der Waals surface area contributed by atoms with Crippen molar-refractivity contribution in [1.82, 2.24) is 9.80 Å². The van der Waals surface area contributed by atoms with Crippen LogP contribution in [-0.2, 0) is 4.79 Å². The molecule has 2 amide bonds. The molecule has 0 aromatic heterocycles. The Labute approximate surface area is 132 Å². The molecule has 1 heterocycles. The zero-order chi connectivity index (χ0) is 17.0. The third kappa shape index (κ3) is 3.83. The van der Waals surface area contributed by atoms with Crippen LogP contribution < -0.4 is 0 Å². The number of unbranched alkanes of at least 4 members (excludes halogenated alkanes) is 1. The van der Waals surface area contributed by atoms with Gasteiger partial charge in [-0.2, -0.15) is 0 Å². The lowest BCUT2D eigenvalue weighted by atomic mass is 10.1. The van der Waals surface area contributed by atoms with E-state index < -0.39 is 28.9 Å². The summed E-state index contributed by atoms with van der Waals surface area (Å²) >= 11 is 0. The van der Waals surface area contributed by atoms with Crippen LogP contribution in [0.3, 0.4) is 0 Å². The summed E-state index contributed by atoms with van der Waals surface area (Å²) in [6.07, 6.45) is 2.22. The molecule has 0 spiro atoms. The van der Waals surface area contributed by atoms with Crippen LogP contribution in [0.25, 0.3) is 0 Å². The van der Waals surface area contributed by atoms with Crippen LogP contribution in [-0.4, -0.2) is 47.8 Å². The first-order valence-electron chi connectivity index (χ1n) is 7.66. The van der Waals surface area contributed by atoms with Gasteiger partial charge in [0.15, 0.2) is 17.5 Å². The Kier molecular flexibility index (Phi) is 5.63. The van der Waals surface area contributed by atoms with Gasteiger partial charge in [0.2, 0.25) is 5.91 Å². The molecule has 0 atom stereocenters. The fourth-order valence-corrected chi connectivity index (χ4v) is 2.51. The highest BCUT2D eigenvalue weighted by Gasteiger charge is 2.27. The van der Waals surface area contributed by atoms with Gasteiger partial charge in [0.05, 0.1) is 5.56 Å². The summed E-state index contributed by atoms with van der Waals surface area (Å²) in [5.74, 6) is -5.11. The van der Waals surface area contributed by atoms with Gasteiger partial charge >= 0.3 is 0 Å². The molecule has 2 rings (SSSR count). The lowest BCUT2D eigenvalue weighted by molar-refractivity contribution is -0.132. The summed E-state index contributed by atoms with van der Waals surface area (Å²) in [5.41, 5.74) is -0.491. The molecule has 126 valence electrons. The van der Waals surface area contributed by atoms with Gasteiger partial charge in [-0.15, -0.1) is 0 Å². The van der Waals surface area contributed by atoms with Crippen molar-refractivity contribution < 1.29 is 22.8 Å². The number of hydrogen-bond donors (Lipinski definition) is 0. The first kappa shape index (κ1) is 17.3. The van der Waals surface area contributed by atoms with Crippen LogP contribution in [0.15, 0.2) is 12.1 Å². The second-order valence-corrected chi connectivity index (χ2v) is 5.50. The summed E-state index contributed by atoms with van der Waals surface area (Å²) in [4.78, 5) is 27.2. The SMILES string of the molecule is CCCCC(=O)N1CCN(C(=O)c2ccc(F)c(F)c2F)CC1. The zero-order valence-electron chi connectivity index (χ0n) is 12.9. The summed E-state index contributed by atoms with van der Waals surface area (Å²) in [7, 11) is 0. The maximum atomic E-state index is 13.7. The third-order valence-corrected chi connectivity index (χ3v) is 3.93. The monoisotopic (exact) mass is 328 g/mol. The number of piperazine rings is 1. The predicted octanol–water partition coefficient (Wildman–Crippen LogP) is 2.58. The Morgan fingerprint density at radius 1 is 1.00 bits per heavy atom. The van der Waals surface area contributed by atoms with Crippen LogP contribution in [0, 0.1) is 17.5 Å². The molecule has 0 N–H and O–H groups in total. The molecule has 0 bridgehead atoms.